The zero-order valence-corrected chi connectivity index (χ0v) is 14.1. The van der Waals surface area contributed by atoms with Crippen LogP contribution in [-0.4, -0.2) is 32.0 Å². The maximum atomic E-state index is 12.1. The van der Waals surface area contributed by atoms with E-state index in [2.05, 4.69) is 4.72 Å². The fraction of sp³-hybridized carbons (Fsp3) is 0.462. The summed E-state index contributed by atoms with van der Waals surface area (Å²) in [6, 6.07) is 7.05. The van der Waals surface area contributed by atoms with Gasteiger partial charge in [0, 0.05) is 12.1 Å². The first-order valence-corrected chi connectivity index (χ1v) is 9.65. The molecule has 0 fully saturated rings. The summed E-state index contributed by atoms with van der Waals surface area (Å²) in [5, 5.41) is 0. The van der Waals surface area contributed by atoms with Crippen LogP contribution in [0.5, 0.6) is 0 Å². The maximum Gasteiger partial charge on any atom is 0.215 e. The van der Waals surface area contributed by atoms with E-state index >= 15 is 0 Å². The second-order valence-electron chi connectivity index (χ2n) is 4.69. The number of hydrogen-bond acceptors (Lipinski definition) is 4. The van der Waals surface area contributed by atoms with Crippen molar-refractivity contribution in [1.29, 1.82) is 0 Å². The van der Waals surface area contributed by atoms with Crippen LogP contribution >= 0.6 is 24.0 Å². The lowest BCUT2D eigenvalue weighted by atomic mass is 10.1. The summed E-state index contributed by atoms with van der Waals surface area (Å²) < 4.78 is 26.8. The van der Waals surface area contributed by atoms with Crippen LogP contribution in [0.1, 0.15) is 18.1 Å². The van der Waals surface area contributed by atoms with Gasteiger partial charge in [-0.05, 0) is 23.5 Å². The van der Waals surface area contributed by atoms with E-state index in [1.165, 1.54) is 0 Å². The van der Waals surface area contributed by atoms with Crippen LogP contribution in [-0.2, 0) is 15.8 Å². The van der Waals surface area contributed by atoms with E-state index in [1.807, 2.05) is 13.2 Å². The molecule has 4 nitrogen and oxygen atoms in total. The maximum absolute atomic E-state index is 12.1. The average Bonchev–Trinajstić information content (AvgIpc) is 2.37. The molecule has 1 unspecified atom stereocenters. The Balaban J connectivity index is 2.74. The molecule has 20 heavy (non-hydrogen) atoms. The molecule has 0 aliphatic carbocycles. The molecular formula is C13H20N2O2S3. The molecule has 0 amide bonds. The minimum atomic E-state index is -3.38. The molecule has 0 aliphatic heterocycles. The third kappa shape index (κ3) is 5.78. The van der Waals surface area contributed by atoms with Crippen LogP contribution < -0.4 is 10.5 Å². The lowest BCUT2D eigenvalue weighted by Gasteiger charge is -2.13. The molecule has 112 valence electrons. The van der Waals surface area contributed by atoms with Gasteiger partial charge in [0.2, 0.25) is 10.0 Å². The first kappa shape index (κ1) is 17.4. The van der Waals surface area contributed by atoms with Crippen molar-refractivity contribution in [3.8, 4) is 0 Å². The van der Waals surface area contributed by atoms with E-state index in [0.717, 1.165) is 5.75 Å². The topological polar surface area (TPSA) is 72.2 Å². The highest BCUT2D eigenvalue weighted by atomic mass is 32.2. The number of thioether (sulfide) groups is 1. The molecule has 0 aromatic heterocycles. The quantitative estimate of drug-likeness (QED) is 0.710. The molecule has 1 atom stereocenters. The lowest BCUT2D eigenvalue weighted by Crippen LogP contribution is -2.30. The Kier molecular flexibility index (Phi) is 6.94. The van der Waals surface area contributed by atoms with Crippen molar-refractivity contribution in [2.45, 2.75) is 12.7 Å². The van der Waals surface area contributed by atoms with E-state index in [9.17, 15) is 8.42 Å². The van der Waals surface area contributed by atoms with Gasteiger partial charge in [-0.1, -0.05) is 43.4 Å². The van der Waals surface area contributed by atoms with Gasteiger partial charge in [-0.25, -0.2) is 13.1 Å². The molecule has 0 saturated carbocycles. The number of rotatable bonds is 8. The Bertz CT molecular complexity index is 558. The number of benzene rings is 1. The molecule has 1 aromatic carbocycles. The number of nitrogens with two attached hydrogens (primary N) is 1. The van der Waals surface area contributed by atoms with Crippen LogP contribution in [0.25, 0.3) is 0 Å². The van der Waals surface area contributed by atoms with Gasteiger partial charge >= 0.3 is 0 Å². The molecule has 1 aromatic rings. The molecule has 0 heterocycles. The predicted molar refractivity (Wildman–Crippen MR) is 90.5 cm³/mol. The Morgan fingerprint density at radius 3 is 2.70 bits per heavy atom. The molecular weight excluding hydrogens is 312 g/mol. The zero-order chi connectivity index (χ0) is 15.2. The summed E-state index contributed by atoms with van der Waals surface area (Å²) in [4.78, 5) is 0.214. The Hall–Kier alpha value is -0.630. The van der Waals surface area contributed by atoms with Gasteiger partial charge in [-0.15, -0.1) is 0 Å². The van der Waals surface area contributed by atoms with Gasteiger partial charge in [0.25, 0.3) is 0 Å². The summed E-state index contributed by atoms with van der Waals surface area (Å²) in [6.45, 7) is 2.46. The van der Waals surface area contributed by atoms with Crippen molar-refractivity contribution in [3.63, 3.8) is 0 Å². The molecule has 0 bridgehead atoms. The van der Waals surface area contributed by atoms with E-state index in [4.69, 9.17) is 18.0 Å². The molecule has 3 N–H and O–H groups in total. The van der Waals surface area contributed by atoms with Crippen LogP contribution in [0.2, 0.25) is 0 Å². The lowest BCUT2D eigenvalue weighted by molar-refractivity contribution is 0.562. The molecule has 0 spiro atoms. The van der Waals surface area contributed by atoms with Gasteiger partial charge in [-0.2, -0.15) is 11.8 Å². The highest BCUT2D eigenvalue weighted by Crippen LogP contribution is 2.12. The number of nitrogens with one attached hydrogen (secondary N) is 1. The highest BCUT2D eigenvalue weighted by Gasteiger charge is 2.15. The summed E-state index contributed by atoms with van der Waals surface area (Å²) >= 11 is 6.64. The van der Waals surface area contributed by atoms with E-state index < -0.39 is 10.0 Å². The summed E-state index contributed by atoms with van der Waals surface area (Å²) in [5.41, 5.74) is 6.85. The van der Waals surface area contributed by atoms with E-state index in [0.29, 0.717) is 23.6 Å². The van der Waals surface area contributed by atoms with Gasteiger partial charge in [0.05, 0.1) is 5.75 Å². The van der Waals surface area contributed by atoms with Crippen molar-refractivity contribution >= 4 is 39.0 Å². The summed E-state index contributed by atoms with van der Waals surface area (Å²) in [6.07, 6.45) is 2.00. The minimum absolute atomic E-state index is 0.105. The Morgan fingerprint density at radius 1 is 1.45 bits per heavy atom. The first-order chi connectivity index (χ1) is 9.35. The normalized spacial score (nSPS) is 13.1. The SMILES string of the molecule is CSCC(C)CNS(=O)(=O)Cc1ccccc1C(N)=S. The predicted octanol–water partition coefficient (Wildman–Crippen LogP) is 1.74. The smallest absolute Gasteiger partial charge is 0.215 e. The van der Waals surface area contributed by atoms with Crippen molar-refractivity contribution in [2.24, 2.45) is 11.7 Å². The van der Waals surface area contributed by atoms with Crippen LogP contribution in [0.3, 0.4) is 0 Å². The summed E-state index contributed by atoms with van der Waals surface area (Å²) in [5.74, 6) is 1.11. The van der Waals surface area contributed by atoms with Crippen molar-refractivity contribution < 1.29 is 8.42 Å². The van der Waals surface area contributed by atoms with Crippen LogP contribution in [0, 0.1) is 5.92 Å². The van der Waals surface area contributed by atoms with Gasteiger partial charge in [0.1, 0.15) is 4.99 Å². The van der Waals surface area contributed by atoms with E-state index in [1.54, 1.807) is 36.0 Å². The van der Waals surface area contributed by atoms with Crippen LogP contribution in [0.15, 0.2) is 24.3 Å². The third-order valence-electron chi connectivity index (χ3n) is 2.73. The van der Waals surface area contributed by atoms with Crippen molar-refractivity contribution in [2.75, 3.05) is 18.6 Å². The largest absolute Gasteiger partial charge is 0.389 e. The Morgan fingerprint density at radius 2 is 2.10 bits per heavy atom. The average molecular weight is 333 g/mol. The van der Waals surface area contributed by atoms with Gasteiger partial charge < -0.3 is 5.73 Å². The molecule has 1 rings (SSSR count). The standard InChI is InChI=1S/C13H20N2O2S3/c1-10(8-19-2)7-15-20(16,17)9-11-5-3-4-6-12(11)13(14)18/h3-6,10,15H,7-9H2,1-2H3,(H2,14,18). The molecule has 0 aliphatic rings. The van der Waals surface area contributed by atoms with E-state index in [-0.39, 0.29) is 10.7 Å². The van der Waals surface area contributed by atoms with Gasteiger partial charge in [-0.3, -0.25) is 0 Å². The fourth-order valence-electron chi connectivity index (χ4n) is 1.75. The number of thiocarbonyl (C=S) groups is 1. The third-order valence-corrected chi connectivity index (χ3v) is 5.15. The fourth-order valence-corrected chi connectivity index (χ4v) is 3.94. The monoisotopic (exact) mass is 332 g/mol. The Labute approximate surface area is 130 Å². The molecule has 7 heteroatoms. The second-order valence-corrected chi connectivity index (χ2v) is 7.85. The first-order valence-electron chi connectivity index (χ1n) is 6.19. The van der Waals surface area contributed by atoms with Gasteiger partial charge in [0.15, 0.2) is 0 Å². The minimum Gasteiger partial charge on any atom is -0.389 e. The summed E-state index contributed by atoms with van der Waals surface area (Å²) in [7, 11) is -3.38. The number of hydrogen-bond donors (Lipinski definition) is 2. The molecule has 0 saturated heterocycles. The van der Waals surface area contributed by atoms with Crippen molar-refractivity contribution in [3.05, 3.63) is 35.4 Å². The van der Waals surface area contributed by atoms with Crippen molar-refractivity contribution in [1.82, 2.24) is 4.72 Å². The van der Waals surface area contributed by atoms with Crippen LogP contribution in [0.4, 0.5) is 0 Å². The number of sulfonamides is 1. The molecule has 0 radical (unpaired) electrons. The second kappa shape index (κ2) is 7.97. The zero-order valence-electron chi connectivity index (χ0n) is 11.6. The highest BCUT2D eigenvalue weighted by molar-refractivity contribution is 7.98.